The van der Waals surface area contributed by atoms with Crippen molar-refractivity contribution < 1.29 is 14.4 Å². The molecule has 0 amide bonds. The predicted octanol–water partition coefficient (Wildman–Crippen LogP) is 4.58. The largest absolute Gasteiger partial charge is 0.490 e. The Kier molecular flexibility index (Phi) is 5.11. The zero-order valence-corrected chi connectivity index (χ0v) is 15.8. The summed E-state index contributed by atoms with van der Waals surface area (Å²) in [5.74, 6) is 1.74. The molecule has 3 aromatic carbocycles. The first kappa shape index (κ1) is 18.5. The van der Waals surface area contributed by atoms with Crippen molar-refractivity contribution >= 4 is 16.7 Å². The molecule has 7 heteroatoms. The van der Waals surface area contributed by atoms with Crippen LogP contribution in [0.15, 0.2) is 72.8 Å². The SMILES string of the molecule is COc1ccc(Cn2c(COc3ccccc3)nc3ccccc32)cc1[N+](=O)[O-]. The zero-order valence-electron chi connectivity index (χ0n) is 15.8. The molecule has 0 aliphatic heterocycles. The van der Waals surface area contributed by atoms with Crippen LogP contribution in [0.5, 0.6) is 11.5 Å². The summed E-state index contributed by atoms with van der Waals surface area (Å²) < 4.78 is 13.0. The number of para-hydroxylation sites is 3. The van der Waals surface area contributed by atoms with Crippen molar-refractivity contribution in [2.24, 2.45) is 0 Å². The Labute approximate surface area is 167 Å². The van der Waals surface area contributed by atoms with Gasteiger partial charge in [0.05, 0.1) is 23.1 Å². The van der Waals surface area contributed by atoms with E-state index in [1.165, 1.54) is 13.2 Å². The van der Waals surface area contributed by atoms with E-state index in [1.807, 2.05) is 65.2 Å². The third kappa shape index (κ3) is 3.89. The van der Waals surface area contributed by atoms with Crippen LogP contribution in [-0.2, 0) is 13.2 Å². The Hall–Kier alpha value is -3.87. The molecule has 1 aromatic heterocycles. The lowest BCUT2D eigenvalue weighted by atomic mass is 10.2. The van der Waals surface area contributed by atoms with Crippen molar-refractivity contribution in [3.8, 4) is 11.5 Å². The molecule has 0 saturated heterocycles. The molecule has 0 radical (unpaired) electrons. The first-order chi connectivity index (χ1) is 14.2. The molecule has 1 heterocycles. The topological polar surface area (TPSA) is 79.4 Å². The monoisotopic (exact) mass is 389 g/mol. The Morgan fingerprint density at radius 1 is 1.03 bits per heavy atom. The van der Waals surface area contributed by atoms with E-state index in [1.54, 1.807) is 6.07 Å². The summed E-state index contributed by atoms with van der Waals surface area (Å²) in [6.07, 6.45) is 0. The van der Waals surface area contributed by atoms with Gasteiger partial charge in [0.2, 0.25) is 0 Å². The third-order valence-corrected chi connectivity index (χ3v) is 4.63. The Morgan fingerprint density at radius 3 is 2.55 bits per heavy atom. The highest BCUT2D eigenvalue weighted by Crippen LogP contribution is 2.29. The fourth-order valence-corrected chi connectivity index (χ4v) is 3.24. The summed E-state index contributed by atoms with van der Waals surface area (Å²) >= 11 is 0. The Balaban J connectivity index is 1.69. The van der Waals surface area contributed by atoms with Gasteiger partial charge in [-0.25, -0.2) is 4.98 Å². The van der Waals surface area contributed by atoms with E-state index < -0.39 is 4.92 Å². The molecule has 0 aliphatic rings. The number of rotatable bonds is 7. The van der Waals surface area contributed by atoms with Gasteiger partial charge in [0.15, 0.2) is 5.75 Å². The highest BCUT2D eigenvalue weighted by atomic mass is 16.6. The van der Waals surface area contributed by atoms with Gasteiger partial charge in [-0.05, 0) is 35.9 Å². The molecule has 0 atom stereocenters. The highest BCUT2D eigenvalue weighted by Gasteiger charge is 2.17. The van der Waals surface area contributed by atoms with Crippen LogP contribution in [-0.4, -0.2) is 21.6 Å². The second kappa shape index (κ2) is 8.02. The molecule has 4 aromatic rings. The Bertz CT molecular complexity index is 1160. The van der Waals surface area contributed by atoms with Gasteiger partial charge in [0.25, 0.3) is 0 Å². The van der Waals surface area contributed by atoms with E-state index in [-0.39, 0.29) is 18.0 Å². The van der Waals surface area contributed by atoms with Crippen molar-refractivity contribution in [1.82, 2.24) is 9.55 Å². The van der Waals surface area contributed by atoms with Gasteiger partial charge in [0.1, 0.15) is 18.2 Å². The van der Waals surface area contributed by atoms with E-state index >= 15 is 0 Å². The molecule has 0 aliphatic carbocycles. The van der Waals surface area contributed by atoms with Gasteiger partial charge < -0.3 is 14.0 Å². The van der Waals surface area contributed by atoms with Crippen molar-refractivity contribution in [3.63, 3.8) is 0 Å². The minimum Gasteiger partial charge on any atom is -0.490 e. The van der Waals surface area contributed by atoms with E-state index in [4.69, 9.17) is 14.5 Å². The highest BCUT2D eigenvalue weighted by molar-refractivity contribution is 5.76. The number of imidazole rings is 1. The second-order valence-electron chi connectivity index (χ2n) is 6.47. The summed E-state index contributed by atoms with van der Waals surface area (Å²) in [5, 5.41) is 11.4. The molecular weight excluding hydrogens is 370 g/mol. The summed E-state index contributed by atoms with van der Waals surface area (Å²) in [4.78, 5) is 15.6. The number of aromatic nitrogens is 2. The number of hydrogen-bond acceptors (Lipinski definition) is 5. The molecule has 29 heavy (non-hydrogen) atoms. The summed E-state index contributed by atoms with van der Waals surface area (Å²) in [5.41, 5.74) is 2.51. The Morgan fingerprint density at radius 2 is 1.79 bits per heavy atom. The van der Waals surface area contributed by atoms with Gasteiger partial charge in [-0.15, -0.1) is 0 Å². The third-order valence-electron chi connectivity index (χ3n) is 4.63. The van der Waals surface area contributed by atoms with Gasteiger partial charge in [0, 0.05) is 12.6 Å². The van der Waals surface area contributed by atoms with Crippen LogP contribution in [0, 0.1) is 10.1 Å². The van der Waals surface area contributed by atoms with Crippen LogP contribution in [0.1, 0.15) is 11.4 Å². The zero-order chi connectivity index (χ0) is 20.2. The fraction of sp³-hybridized carbons (Fsp3) is 0.136. The number of fused-ring (bicyclic) bond motifs is 1. The van der Waals surface area contributed by atoms with Crippen molar-refractivity contribution in [2.75, 3.05) is 7.11 Å². The summed E-state index contributed by atoms with van der Waals surface area (Å²) in [7, 11) is 1.42. The molecule has 7 nitrogen and oxygen atoms in total. The van der Waals surface area contributed by atoms with Crippen molar-refractivity contribution in [3.05, 3.63) is 94.3 Å². The molecule has 4 rings (SSSR count). The number of hydrogen-bond donors (Lipinski definition) is 0. The predicted molar refractivity (Wildman–Crippen MR) is 109 cm³/mol. The molecule has 0 saturated carbocycles. The van der Waals surface area contributed by atoms with Crippen LogP contribution >= 0.6 is 0 Å². The molecule has 0 bridgehead atoms. The van der Waals surface area contributed by atoms with E-state index in [0.717, 1.165) is 28.2 Å². The first-order valence-electron chi connectivity index (χ1n) is 9.09. The summed E-state index contributed by atoms with van der Waals surface area (Å²) in [6.45, 7) is 0.718. The number of nitro benzene ring substituents is 1. The van der Waals surface area contributed by atoms with E-state index in [2.05, 4.69) is 0 Å². The number of ether oxygens (including phenoxy) is 2. The molecule has 146 valence electrons. The lowest BCUT2D eigenvalue weighted by molar-refractivity contribution is -0.385. The maximum absolute atomic E-state index is 11.4. The number of benzene rings is 3. The van der Waals surface area contributed by atoms with Crippen LogP contribution in [0.3, 0.4) is 0 Å². The minimum absolute atomic E-state index is 0.0588. The van der Waals surface area contributed by atoms with Gasteiger partial charge in [-0.1, -0.05) is 36.4 Å². The number of nitro groups is 1. The number of methoxy groups -OCH3 is 1. The van der Waals surface area contributed by atoms with Crippen LogP contribution in [0.2, 0.25) is 0 Å². The van der Waals surface area contributed by atoms with Gasteiger partial charge >= 0.3 is 5.69 Å². The molecule has 0 N–H and O–H groups in total. The molecule has 0 fully saturated rings. The van der Waals surface area contributed by atoms with Crippen LogP contribution in [0.4, 0.5) is 5.69 Å². The average Bonchev–Trinajstić information content (AvgIpc) is 3.10. The molecular formula is C22H19N3O4. The first-order valence-corrected chi connectivity index (χ1v) is 9.09. The average molecular weight is 389 g/mol. The molecule has 0 unspecified atom stereocenters. The molecule has 0 spiro atoms. The van der Waals surface area contributed by atoms with E-state index in [9.17, 15) is 10.1 Å². The normalized spacial score (nSPS) is 10.8. The van der Waals surface area contributed by atoms with Crippen molar-refractivity contribution in [1.29, 1.82) is 0 Å². The lowest BCUT2D eigenvalue weighted by Gasteiger charge is -2.11. The fourth-order valence-electron chi connectivity index (χ4n) is 3.24. The van der Waals surface area contributed by atoms with Crippen LogP contribution < -0.4 is 9.47 Å². The maximum Gasteiger partial charge on any atom is 0.311 e. The number of nitrogens with zero attached hydrogens (tertiary/aromatic N) is 3. The minimum atomic E-state index is -0.437. The summed E-state index contributed by atoms with van der Waals surface area (Å²) in [6, 6.07) is 22.3. The van der Waals surface area contributed by atoms with Crippen LogP contribution in [0.25, 0.3) is 11.0 Å². The second-order valence-corrected chi connectivity index (χ2v) is 6.47. The van der Waals surface area contributed by atoms with E-state index in [0.29, 0.717) is 6.54 Å². The van der Waals surface area contributed by atoms with Gasteiger partial charge in [-0.2, -0.15) is 0 Å². The standard InChI is InChI=1S/C22H19N3O4/c1-28-21-12-11-16(13-20(21)25(26)27)14-24-19-10-6-5-9-18(19)23-22(24)15-29-17-7-3-2-4-8-17/h2-13H,14-15H2,1H3. The quantitative estimate of drug-likeness (QED) is 0.341. The maximum atomic E-state index is 11.4. The van der Waals surface area contributed by atoms with Gasteiger partial charge in [-0.3, -0.25) is 10.1 Å². The smallest absolute Gasteiger partial charge is 0.311 e. The lowest BCUT2D eigenvalue weighted by Crippen LogP contribution is -2.09. The van der Waals surface area contributed by atoms with Crippen molar-refractivity contribution in [2.45, 2.75) is 13.2 Å².